The van der Waals surface area contributed by atoms with E-state index in [0.29, 0.717) is 19.3 Å². The number of carboxylic acid groups (broad SMARTS) is 1. The Balaban J connectivity index is 4.17. The zero-order valence-corrected chi connectivity index (χ0v) is 10.2. The number of rotatable bonds is 7. The molecule has 1 amide bonds. The summed E-state index contributed by atoms with van der Waals surface area (Å²) in [6.07, 6.45) is 1.61. The number of nitrogens with two attached hydrogens (primary N) is 1. The molecule has 0 rings (SSSR count). The van der Waals surface area contributed by atoms with Gasteiger partial charge >= 0.3 is 5.97 Å². The van der Waals surface area contributed by atoms with Crippen molar-refractivity contribution in [2.75, 3.05) is 0 Å². The van der Waals surface area contributed by atoms with Gasteiger partial charge in [-0.2, -0.15) is 0 Å². The van der Waals surface area contributed by atoms with E-state index in [4.69, 9.17) is 10.8 Å². The summed E-state index contributed by atoms with van der Waals surface area (Å²) < 4.78 is 0. The number of hydrogen-bond donors (Lipinski definition) is 3. The smallest absolute Gasteiger partial charge is 0.303 e. The van der Waals surface area contributed by atoms with E-state index in [0.717, 1.165) is 0 Å². The molecular weight excluding hydrogens is 208 g/mol. The van der Waals surface area contributed by atoms with E-state index in [1.165, 1.54) is 0 Å². The first-order valence-electron chi connectivity index (χ1n) is 5.67. The number of aliphatic carboxylic acids is 1. The molecule has 0 saturated carbocycles. The Labute approximate surface area is 96.4 Å². The van der Waals surface area contributed by atoms with Crippen molar-refractivity contribution < 1.29 is 14.7 Å². The lowest BCUT2D eigenvalue weighted by atomic mass is 9.92. The van der Waals surface area contributed by atoms with Gasteiger partial charge in [0.25, 0.3) is 0 Å². The number of carbonyl (C=O) groups excluding carboxylic acids is 1. The van der Waals surface area contributed by atoms with Crippen LogP contribution in [0.15, 0.2) is 0 Å². The molecule has 0 aromatic heterocycles. The van der Waals surface area contributed by atoms with E-state index >= 15 is 0 Å². The second-order valence-corrected chi connectivity index (χ2v) is 4.17. The van der Waals surface area contributed by atoms with Crippen LogP contribution in [0.5, 0.6) is 0 Å². The summed E-state index contributed by atoms with van der Waals surface area (Å²) in [6.45, 7) is 5.52. The van der Waals surface area contributed by atoms with Gasteiger partial charge < -0.3 is 16.2 Å². The van der Waals surface area contributed by atoms with Crippen LogP contribution in [-0.2, 0) is 9.59 Å². The summed E-state index contributed by atoms with van der Waals surface area (Å²) in [5.41, 5.74) is 5.08. The average Bonchev–Trinajstić information content (AvgIpc) is 2.25. The fourth-order valence-electron chi connectivity index (χ4n) is 1.35. The van der Waals surface area contributed by atoms with Crippen LogP contribution in [0.1, 0.15) is 46.5 Å². The molecule has 1 unspecified atom stereocenters. The molecule has 0 spiro atoms. The predicted molar refractivity (Wildman–Crippen MR) is 62.0 cm³/mol. The summed E-state index contributed by atoms with van der Waals surface area (Å²) in [6, 6.07) is -0.162. The molecule has 0 aromatic rings. The average molecular weight is 230 g/mol. The maximum absolute atomic E-state index is 11.8. The van der Waals surface area contributed by atoms with Gasteiger partial charge in [-0.05, 0) is 26.2 Å². The van der Waals surface area contributed by atoms with Crippen molar-refractivity contribution in [3.05, 3.63) is 0 Å². The molecule has 0 aliphatic carbocycles. The first-order chi connectivity index (χ1) is 7.35. The zero-order valence-electron chi connectivity index (χ0n) is 10.2. The Bertz CT molecular complexity index is 250. The van der Waals surface area contributed by atoms with E-state index in [9.17, 15) is 9.59 Å². The Hall–Kier alpha value is -1.10. The van der Waals surface area contributed by atoms with Gasteiger partial charge in [-0.3, -0.25) is 9.59 Å². The molecule has 5 heteroatoms. The van der Waals surface area contributed by atoms with Crippen LogP contribution in [0, 0.1) is 0 Å². The Morgan fingerprint density at radius 3 is 2.25 bits per heavy atom. The first kappa shape index (κ1) is 14.9. The van der Waals surface area contributed by atoms with Crippen LogP contribution in [0.3, 0.4) is 0 Å². The van der Waals surface area contributed by atoms with Gasteiger partial charge in [0.1, 0.15) is 0 Å². The third-order valence-electron chi connectivity index (χ3n) is 2.88. The molecule has 0 aliphatic rings. The molecule has 1 atom stereocenters. The molecule has 0 aromatic carbocycles. The molecule has 0 radical (unpaired) electrons. The molecule has 94 valence electrons. The van der Waals surface area contributed by atoms with E-state index in [1.54, 1.807) is 6.92 Å². The molecule has 0 aliphatic heterocycles. The van der Waals surface area contributed by atoms with Gasteiger partial charge in [0.05, 0.1) is 5.54 Å². The largest absolute Gasteiger partial charge is 0.481 e. The summed E-state index contributed by atoms with van der Waals surface area (Å²) >= 11 is 0. The maximum Gasteiger partial charge on any atom is 0.303 e. The van der Waals surface area contributed by atoms with Crippen molar-refractivity contribution >= 4 is 11.9 Å². The highest BCUT2D eigenvalue weighted by Gasteiger charge is 2.30. The van der Waals surface area contributed by atoms with Gasteiger partial charge in [-0.15, -0.1) is 0 Å². The van der Waals surface area contributed by atoms with Crippen LogP contribution in [0.25, 0.3) is 0 Å². The third kappa shape index (κ3) is 4.61. The van der Waals surface area contributed by atoms with Crippen molar-refractivity contribution in [3.63, 3.8) is 0 Å². The molecule has 0 fully saturated rings. The molecular formula is C11H22N2O3. The van der Waals surface area contributed by atoms with Crippen LogP contribution >= 0.6 is 0 Å². The zero-order chi connectivity index (χ0) is 12.8. The summed E-state index contributed by atoms with van der Waals surface area (Å²) in [7, 11) is 0. The van der Waals surface area contributed by atoms with Crippen molar-refractivity contribution in [1.29, 1.82) is 0 Å². The normalized spacial score (nSPS) is 13.2. The van der Waals surface area contributed by atoms with E-state index in [1.807, 2.05) is 13.8 Å². The van der Waals surface area contributed by atoms with Crippen LogP contribution in [0.2, 0.25) is 0 Å². The SMILES string of the molecule is CCC(N)(CC)C(=O)NC(C)CCC(=O)O. The Morgan fingerprint density at radius 1 is 1.38 bits per heavy atom. The van der Waals surface area contributed by atoms with Crippen molar-refractivity contribution in [3.8, 4) is 0 Å². The molecule has 0 heterocycles. The Morgan fingerprint density at radius 2 is 1.88 bits per heavy atom. The molecule has 5 nitrogen and oxygen atoms in total. The van der Waals surface area contributed by atoms with E-state index in [-0.39, 0.29) is 18.4 Å². The quantitative estimate of drug-likeness (QED) is 0.605. The highest BCUT2D eigenvalue weighted by atomic mass is 16.4. The van der Waals surface area contributed by atoms with Crippen LogP contribution < -0.4 is 11.1 Å². The minimum atomic E-state index is -0.855. The summed E-state index contributed by atoms with van der Waals surface area (Å²) in [4.78, 5) is 22.2. The fraction of sp³-hybridized carbons (Fsp3) is 0.818. The molecule has 4 N–H and O–H groups in total. The van der Waals surface area contributed by atoms with E-state index in [2.05, 4.69) is 5.32 Å². The number of amides is 1. The molecule has 16 heavy (non-hydrogen) atoms. The van der Waals surface area contributed by atoms with Crippen LogP contribution in [0.4, 0.5) is 0 Å². The maximum atomic E-state index is 11.8. The van der Waals surface area contributed by atoms with Gasteiger partial charge in [-0.1, -0.05) is 13.8 Å². The lowest BCUT2D eigenvalue weighted by molar-refractivity contribution is -0.137. The predicted octanol–water partition coefficient (Wildman–Crippen LogP) is 0.873. The lowest BCUT2D eigenvalue weighted by Crippen LogP contribution is -2.55. The highest BCUT2D eigenvalue weighted by molar-refractivity contribution is 5.86. The van der Waals surface area contributed by atoms with Gasteiger partial charge in [0.2, 0.25) is 5.91 Å². The minimum Gasteiger partial charge on any atom is -0.481 e. The van der Waals surface area contributed by atoms with Gasteiger partial charge in [-0.25, -0.2) is 0 Å². The summed E-state index contributed by atoms with van der Waals surface area (Å²) in [5, 5.41) is 11.3. The Kier molecular flexibility index (Phi) is 6.03. The number of carbonyl (C=O) groups is 2. The van der Waals surface area contributed by atoms with Crippen molar-refractivity contribution in [2.45, 2.75) is 58.0 Å². The number of carboxylic acids is 1. The molecule has 0 bridgehead atoms. The van der Waals surface area contributed by atoms with Crippen LogP contribution in [-0.4, -0.2) is 28.6 Å². The number of hydrogen-bond acceptors (Lipinski definition) is 3. The van der Waals surface area contributed by atoms with Crippen molar-refractivity contribution in [2.24, 2.45) is 5.73 Å². The standard InChI is InChI=1S/C11H22N2O3/c1-4-11(12,5-2)10(16)13-8(3)6-7-9(14)15/h8H,4-7,12H2,1-3H3,(H,13,16)(H,14,15). The third-order valence-corrected chi connectivity index (χ3v) is 2.88. The second-order valence-electron chi connectivity index (χ2n) is 4.17. The molecule has 0 saturated heterocycles. The first-order valence-corrected chi connectivity index (χ1v) is 5.67. The van der Waals surface area contributed by atoms with Gasteiger partial charge in [0.15, 0.2) is 0 Å². The number of nitrogens with one attached hydrogen (secondary N) is 1. The highest BCUT2D eigenvalue weighted by Crippen LogP contribution is 2.12. The lowest BCUT2D eigenvalue weighted by Gasteiger charge is -2.27. The van der Waals surface area contributed by atoms with Gasteiger partial charge in [0, 0.05) is 12.5 Å². The minimum absolute atomic E-state index is 0.0528. The monoisotopic (exact) mass is 230 g/mol. The van der Waals surface area contributed by atoms with E-state index < -0.39 is 11.5 Å². The summed E-state index contributed by atoms with van der Waals surface area (Å²) in [5.74, 6) is -1.05. The topological polar surface area (TPSA) is 92.4 Å². The fourth-order valence-corrected chi connectivity index (χ4v) is 1.35. The second kappa shape index (κ2) is 6.48. The van der Waals surface area contributed by atoms with Crippen molar-refractivity contribution in [1.82, 2.24) is 5.32 Å².